The van der Waals surface area contributed by atoms with Crippen LogP contribution in [0.1, 0.15) is 20.8 Å². The molecule has 696 valence electrons. The lowest BCUT2D eigenvalue weighted by molar-refractivity contribution is -0.400. The van der Waals surface area contributed by atoms with E-state index in [-0.39, 0.29) is 0 Å². The molecule has 10 aliphatic rings. The summed E-state index contributed by atoms with van der Waals surface area (Å²) in [4.78, 5) is 38.3. The lowest BCUT2D eigenvalue weighted by Crippen LogP contribution is -2.71. The van der Waals surface area contributed by atoms with Crippen molar-refractivity contribution in [1.82, 2.24) is 16.0 Å². The number of carbonyl (C=O) groups is 3. The average Bonchev–Trinajstić information content (AvgIpc) is 0.758. The number of carbonyl (C=O) groups excluding carboxylic acids is 3. The molecule has 50 atom stereocenters. The monoisotopic (exact) mass is 1760 g/mol. The molecule has 10 saturated heterocycles. The number of aliphatic hydroxyl groups excluding tert-OH is 29. The first-order chi connectivity index (χ1) is 56.8. The zero-order chi connectivity index (χ0) is 88.2. The number of nitrogens with one attached hydrogen (secondary N) is 3. The third-order valence-electron chi connectivity index (χ3n) is 22.1. The summed E-state index contributed by atoms with van der Waals surface area (Å²) in [6.45, 7) is -8.18. The second-order valence-electron chi connectivity index (χ2n) is 30.3. The van der Waals surface area contributed by atoms with E-state index in [1.54, 1.807) is 0 Å². The van der Waals surface area contributed by atoms with Crippen molar-refractivity contribution in [2.75, 3.05) is 66.1 Å². The van der Waals surface area contributed by atoms with Gasteiger partial charge in [-0.1, -0.05) is 0 Å². The second-order valence-corrected chi connectivity index (χ2v) is 30.3. The van der Waals surface area contributed by atoms with Gasteiger partial charge in [0.05, 0.1) is 66.1 Å². The van der Waals surface area contributed by atoms with E-state index in [1.165, 1.54) is 0 Å². The van der Waals surface area contributed by atoms with Crippen LogP contribution in [0.15, 0.2) is 0 Å². The number of aliphatic hydroxyl groups is 29. The maximum absolute atomic E-state index is 13.1. The van der Waals surface area contributed by atoms with Gasteiger partial charge in [-0.3, -0.25) is 14.4 Å². The molecule has 10 rings (SSSR count). The van der Waals surface area contributed by atoms with Gasteiger partial charge in [-0.15, -0.1) is 0 Å². The summed E-state index contributed by atoms with van der Waals surface area (Å²) in [6.07, 6.45) is -99.6. The Morgan fingerprint density at radius 3 is 0.825 bits per heavy atom. The Bertz CT molecular complexity index is 3180. The lowest BCUT2D eigenvalue weighted by Gasteiger charge is -2.51. The van der Waals surface area contributed by atoms with Gasteiger partial charge in [0.15, 0.2) is 62.9 Å². The highest BCUT2D eigenvalue weighted by molar-refractivity contribution is 5.74. The summed E-state index contributed by atoms with van der Waals surface area (Å²) in [5.41, 5.74) is 0. The molecule has 0 aromatic rings. The highest BCUT2D eigenvalue weighted by atomic mass is 16.8. The van der Waals surface area contributed by atoms with Crippen molar-refractivity contribution < 1.29 is 252 Å². The first-order valence-corrected chi connectivity index (χ1v) is 38.2. The number of rotatable bonds is 31. The van der Waals surface area contributed by atoms with E-state index in [1.807, 2.05) is 0 Å². The van der Waals surface area contributed by atoms with Gasteiger partial charge in [0, 0.05) is 20.8 Å². The molecule has 0 aliphatic carbocycles. The van der Waals surface area contributed by atoms with E-state index in [2.05, 4.69) is 16.0 Å². The van der Waals surface area contributed by atoms with Crippen molar-refractivity contribution in [3.05, 3.63) is 0 Å². The lowest BCUT2D eigenvalue weighted by atomic mass is 9.93. The van der Waals surface area contributed by atoms with Crippen molar-refractivity contribution >= 4 is 17.7 Å². The minimum Gasteiger partial charge on any atom is -0.394 e. The predicted octanol–water partition coefficient (Wildman–Crippen LogP) is -22.4. The maximum Gasteiger partial charge on any atom is 0.217 e. The number of hydrogen-bond donors (Lipinski definition) is 32. The highest BCUT2D eigenvalue weighted by Crippen LogP contribution is 2.41. The minimum absolute atomic E-state index is 0.802. The Balaban J connectivity index is 0.971. The van der Waals surface area contributed by atoms with Crippen molar-refractivity contribution in [2.45, 2.75) is 328 Å². The zero-order valence-corrected chi connectivity index (χ0v) is 63.9. The number of amides is 3. The van der Waals surface area contributed by atoms with Crippen LogP contribution in [0.2, 0.25) is 0 Å². The van der Waals surface area contributed by atoms with Gasteiger partial charge in [0.25, 0.3) is 0 Å². The van der Waals surface area contributed by atoms with Crippen molar-refractivity contribution in [3.8, 4) is 0 Å². The van der Waals surface area contributed by atoms with Gasteiger partial charge in [0.1, 0.15) is 244 Å². The summed E-state index contributed by atoms with van der Waals surface area (Å²) < 4.78 is 111. The third-order valence-corrected chi connectivity index (χ3v) is 22.1. The smallest absolute Gasteiger partial charge is 0.217 e. The highest BCUT2D eigenvalue weighted by Gasteiger charge is 2.62. The fourth-order valence-corrected chi connectivity index (χ4v) is 15.4. The fraction of sp³-hybridized carbons (Fsp3) is 0.955. The van der Waals surface area contributed by atoms with E-state index in [0.717, 1.165) is 20.8 Å². The van der Waals surface area contributed by atoms with Gasteiger partial charge in [-0.25, -0.2) is 0 Å². The van der Waals surface area contributed by atoms with Crippen molar-refractivity contribution in [3.63, 3.8) is 0 Å². The molecule has 32 N–H and O–H groups in total. The fourth-order valence-electron chi connectivity index (χ4n) is 15.4. The summed E-state index contributed by atoms with van der Waals surface area (Å²) in [5, 5.41) is 328. The van der Waals surface area contributed by atoms with E-state index >= 15 is 0 Å². The van der Waals surface area contributed by atoms with Gasteiger partial charge in [-0.05, 0) is 0 Å². The summed E-state index contributed by atoms with van der Waals surface area (Å²) in [7, 11) is 0. The van der Waals surface area contributed by atoms with E-state index in [9.17, 15) is 162 Å². The second kappa shape index (κ2) is 43.1. The molecule has 0 bridgehead atoms. The van der Waals surface area contributed by atoms with Crippen LogP contribution in [0.5, 0.6) is 0 Å². The molecule has 10 heterocycles. The number of hydrogen-bond acceptors (Lipinski definition) is 51. The van der Waals surface area contributed by atoms with Gasteiger partial charge in [0.2, 0.25) is 17.7 Å². The molecule has 10 fully saturated rings. The quantitative estimate of drug-likeness (QED) is 0.0306. The maximum atomic E-state index is 13.1. The minimum atomic E-state index is -2.62. The Morgan fingerprint density at radius 2 is 0.450 bits per heavy atom. The normalized spacial score (nSPS) is 50.4. The van der Waals surface area contributed by atoms with Crippen LogP contribution in [0.3, 0.4) is 0 Å². The largest absolute Gasteiger partial charge is 0.394 e. The molecule has 0 aromatic heterocycles. The van der Waals surface area contributed by atoms with Crippen molar-refractivity contribution in [2.24, 2.45) is 0 Å². The van der Waals surface area contributed by atoms with Crippen LogP contribution in [-0.2, 0) is 104 Å². The molecule has 54 nitrogen and oxygen atoms in total. The van der Waals surface area contributed by atoms with Crippen LogP contribution in [-0.4, -0.2) is 539 Å². The molecule has 0 radical (unpaired) electrons. The first kappa shape index (κ1) is 98.7. The summed E-state index contributed by atoms with van der Waals surface area (Å²) in [5.74, 6) is -2.78. The molecule has 0 spiro atoms. The SMILES string of the molecule is CC(=O)N[C@@H]1[C@@H](O)[C@H](O[C@@H]2O[C@H](CO)[C@@H](O[C@@H]3O[C@H](CO[C@H]4O[C@H](CO[C@H]5O[C@H](CO)[C@@H](O)[C@H](O)[C@@H]5O)[C@@H](O)[C@H](O[C@H]5O[C@H](CO)[C@@H](O)[C@H](O)[C@@H]5O)[C@@H]4O)[C@@H](O)[C@H](O[C@H]4O[C@H](CO)[C@@H](O)[C@H](O)[C@@H]4O[C@@H]4O[C@H](CO)[C@@H](O[C@@H]5O[C@H](CO)[C@H](O)[C@H](O[C@H]6O[C@H](CO)[C@H](O)[C@H](O)[C@H]6O)[C@H]5O)[C@H](O)[C@H]4NC(C)=O)[C@@H]3O)[C@H](O)[C@H]2NC(C)=O)[C@@H](CO)O[C@@H]1O. The molecule has 0 unspecified atom stereocenters. The first-order valence-electron chi connectivity index (χ1n) is 38.2. The molecular formula is C66H111N3O51. The topological polar surface area (TPSA) is 849 Å². The van der Waals surface area contributed by atoms with Gasteiger partial charge in [-0.2, -0.15) is 0 Å². The van der Waals surface area contributed by atoms with Gasteiger partial charge >= 0.3 is 0 Å². The zero-order valence-electron chi connectivity index (χ0n) is 63.9. The Kier molecular flexibility index (Phi) is 35.4. The standard InChI is InChI=1S/C66H111N3O51/c1-14(78)67-27-37(88)50(22(9-75)104-57(27)101)114-58-28(68-15(2)79)38(89)52(23(10-76)110-58)116-65-49(100)55(36(87)26(113-65)13-103-61-47(98)54(118-63-46(97)42(93)32(83)19(6-72)107-63)35(86)25(112-61)12-102-60-44(95)40(91)30(81)17(4-70)105-60)119-66-56(43(94)33(84)20(7-73)109-66)120-59-29(69-16(3)80)39(90)51(24(11-77)111-59)115-64-48(99)53(34(85)21(8-74)108-64)117-62-45(96)41(92)31(82)18(5-71)106-62/h17-66,70-77,81-101H,4-13H2,1-3H3,(H,67,78)(H,68,79)(H,69,80)/t17-,18-,19-,20-,21-,22-,23-,24-,25-,26-,27-,28-,29-,30-,31+,32-,33-,34+,35-,36-,37-,38-,39-,40+,41+,42+,43+,44+,45-,46+,47+,48-,49+,50-,51-,52-,53+,54+,55+,56+,57+,58+,59+,60+,61+,62-,63-,64+,65+,66-/m1/s1. The van der Waals surface area contributed by atoms with Crippen LogP contribution in [0.4, 0.5) is 0 Å². The molecular weight excluding hydrogens is 1650 g/mol. The summed E-state index contributed by atoms with van der Waals surface area (Å²) in [6, 6.07) is -5.68. The summed E-state index contributed by atoms with van der Waals surface area (Å²) >= 11 is 0. The molecule has 0 aromatic carbocycles. The number of ether oxygens (including phenoxy) is 19. The van der Waals surface area contributed by atoms with Crippen LogP contribution >= 0.6 is 0 Å². The van der Waals surface area contributed by atoms with Gasteiger partial charge < -0.3 is 254 Å². The third kappa shape index (κ3) is 21.4. The van der Waals surface area contributed by atoms with Crippen LogP contribution in [0, 0.1) is 0 Å². The molecule has 0 saturated carbocycles. The van der Waals surface area contributed by atoms with E-state index < -0.39 is 391 Å². The van der Waals surface area contributed by atoms with Crippen LogP contribution in [0.25, 0.3) is 0 Å². The Hall–Kier alpha value is -3.51. The average molecular weight is 1760 g/mol. The Morgan fingerprint density at radius 1 is 0.217 bits per heavy atom. The molecule has 10 aliphatic heterocycles. The predicted molar refractivity (Wildman–Crippen MR) is 364 cm³/mol. The molecule has 3 amide bonds. The molecule has 54 heteroatoms. The van der Waals surface area contributed by atoms with E-state index in [4.69, 9.17) is 90.0 Å². The Labute approximate surface area is 678 Å². The van der Waals surface area contributed by atoms with E-state index in [0.29, 0.717) is 0 Å². The van der Waals surface area contributed by atoms with Crippen molar-refractivity contribution in [1.29, 1.82) is 0 Å². The molecule has 120 heavy (non-hydrogen) atoms. The van der Waals surface area contributed by atoms with Crippen LogP contribution < -0.4 is 16.0 Å².